The third-order valence-corrected chi connectivity index (χ3v) is 4.89. The van der Waals surface area contributed by atoms with E-state index in [2.05, 4.69) is 36.6 Å². The van der Waals surface area contributed by atoms with Crippen LogP contribution in [0, 0.1) is 13.8 Å². The molecule has 2 aromatic rings. The van der Waals surface area contributed by atoms with E-state index in [9.17, 15) is 9.59 Å². The molecule has 0 aliphatic carbocycles. The number of nitrogens with one attached hydrogen (secondary N) is 2. The first kappa shape index (κ1) is 20.6. The summed E-state index contributed by atoms with van der Waals surface area (Å²) in [5, 5.41) is 5.55. The van der Waals surface area contributed by atoms with Gasteiger partial charge >= 0.3 is 0 Å². The van der Waals surface area contributed by atoms with E-state index < -0.39 is 0 Å². The van der Waals surface area contributed by atoms with Gasteiger partial charge < -0.3 is 10.6 Å². The van der Waals surface area contributed by atoms with Crippen LogP contribution in [-0.2, 0) is 16.1 Å². The molecule has 0 spiro atoms. The topological polar surface area (TPSA) is 62.1 Å². The summed E-state index contributed by atoms with van der Waals surface area (Å²) in [4.78, 5) is 24.2. The summed E-state index contributed by atoms with van der Waals surface area (Å²) in [5.41, 5.74) is 4.11. The van der Waals surface area contributed by atoms with Gasteiger partial charge in [-0.2, -0.15) is 4.57 Å². The highest BCUT2D eigenvalue weighted by Gasteiger charge is 2.14. The summed E-state index contributed by atoms with van der Waals surface area (Å²) < 4.78 is 1.82. The van der Waals surface area contributed by atoms with Crippen LogP contribution in [0.4, 0.5) is 5.69 Å². The molecule has 2 rings (SSSR count). The molecule has 1 heterocycles. The van der Waals surface area contributed by atoms with E-state index >= 15 is 0 Å². The van der Waals surface area contributed by atoms with E-state index in [1.54, 1.807) is 0 Å². The quantitative estimate of drug-likeness (QED) is 0.703. The Balaban J connectivity index is 1.84. The van der Waals surface area contributed by atoms with Crippen molar-refractivity contribution in [2.45, 2.75) is 53.0 Å². The Morgan fingerprint density at radius 1 is 0.963 bits per heavy atom. The second-order valence-electron chi connectivity index (χ2n) is 6.91. The Bertz CT molecular complexity index is 760. The van der Waals surface area contributed by atoms with Crippen LogP contribution >= 0.6 is 0 Å². The van der Waals surface area contributed by atoms with Gasteiger partial charge in [-0.15, -0.1) is 0 Å². The monoisotopic (exact) mass is 368 g/mol. The molecular weight excluding hydrogens is 338 g/mol. The minimum Gasteiger partial charge on any atom is -0.342 e. The first-order valence-electron chi connectivity index (χ1n) is 9.56. The van der Waals surface area contributed by atoms with Crippen LogP contribution in [0.1, 0.15) is 49.3 Å². The number of pyridine rings is 1. The van der Waals surface area contributed by atoms with Crippen molar-refractivity contribution < 1.29 is 14.2 Å². The third kappa shape index (κ3) is 5.91. The van der Waals surface area contributed by atoms with Gasteiger partial charge in [0.15, 0.2) is 12.4 Å². The number of hydrogen-bond donors (Lipinski definition) is 2. The highest BCUT2D eigenvalue weighted by molar-refractivity contribution is 5.95. The SMILES string of the molecule is CCC(CC)c1cc[n+](CC(=O)NCC(=O)Nc2c(C)cccc2C)cc1. The number of carbonyl (C=O) groups excluding carboxylic acids is 2. The molecule has 5 nitrogen and oxygen atoms in total. The molecule has 0 saturated carbocycles. The minimum absolute atomic E-state index is 0.0427. The smallest absolute Gasteiger partial charge is 0.286 e. The highest BCUT2D eigenvalue weighted by Crippen LogP contribution is 2.21. The predicted octanol–water partition coefficient (Wildman–Crippen LogP) is 3.25. The van der Waals surface area contributed by atoms with E-state index in [1.807, 2.05) is 49.0 Å². The summed E-state index contributed by atoms with van der Waals surface area (Å²) in [6, 6.07) is 9.98. The second-order valence-corrected chi connectivity index (χ2v) is 6.91. The Kier molecular flexibility index (Phi) is 7.53. The lowest BCUT2D eigenvalue weighted by molar-refractivity contribution is -0.684. The van der Waals surface area contributed by atoms with Gasteiger partial charge in [0.05, 0.1) is 6.54 Å². The zero-order valence-corrected chi connectivity index (χ0v) is 16.7. The van der Waals surface area contributed by atoms with Gasteiger partial charge in [-0.05, 0) is 49.3 Å². The lowest BCUT2D eigenvalue weighted by Gasteiger charge is -2.12. The Labute approximate surface area is 161 Å². The molecule has 0 radical (unpaired) electrons. The maximum absolute atomic E-state index is 12.1. The minimum atomic E-state index is -0.227. The van der Waals surface area contributed by atoms with Gasteiger partial charge in [0.1, 0.15) is 0 Å². The fraction of sp³-hybridized carbons (Fsp3) is 0.409. The van der Waals surface area contributed by atoms with Gasteiger partial charge in [0.25, 0.3) is 5.91 Å². The molecule has 0 aliphatic heterocycles. The lowest BCUT2D eigenvalue weighted by atomic mass is 9.95. The molecule has 0 atom stereocenters. The van der Waals surface area contributed by atoms with Crippen LogP contribution in [-0.4, -0.2) is 18.4 Å². The Morgan fingerprint density at radius 3 is 2.11 bits per heavy atom. The fourth-order valence-corrected chi connectivity index (χ4v) is 3.20. The predicted molar refractivity (Wildman–Crippen MR) is 108 cm³/mol. The van der Waals surface area contributed by atoms with Crippen molar-refractivity contribution in [1.82, 2.24) is 5.32 Å². The number of anilines is 1. The molecule has 5 heteroatoms. The number of rotatable bonds is 8. The molecular formula is C22H30N3O2+. The highest BCUT2D eigenvalue weighted by atomic mass is 16.2. The molecule has 0 bridgehead atoms. The van der Waals surface area contributed by atoms with Crippen molar-refractivity contribution >= 4 is 17.5 Å². The van der Waals surface area contributed by atoms with Crippen LogP contribution < -0.4 is 15.2 Å². The van der Waals surface area contributed by atoms with E-state index in [0.29, 0.717) is 5.92 Å². The summed E-state index contributed by atoms with van der Waals surface area (Å²) in [6.45, 7) is 8.42. The molecule has 0 saturated heterocycles. The number of nitrogens with zero attached hydrogens (tertiary/aromatic N) is 1. The van der Waals surface area contributed by atoms with Crippen LogP contribution in [0.25, 0.3) is 0 Å². The second kappa shape index (κ2) is 9.86. The van der Waals surface area contributed by atoms with Gasteiger partial charge in [-0.1, -0.05) is 32.0 Å². The standard InChI is InChI=1S/C22H29N3O2/c1-5-18(6-2)19-10-12-25(13-11-19)15-21(27)23-14-20(26)24-22-16(3)8-7-9-17(22)4/h7-13,18H,5-6,14-15H2,1-4H3,(H-,23,24,26,27)/p+1. The zero-order chi connectivity index (χ0) is 19.8. The van der Waals surface area contributed by atoms with Gasteiger partial charge in [0.2, 0.25) is 12.5 Å². The number of aryl methyl sites for hydroxylation is 2. The van der Waals surface area contributed by atoms with Crippen molar-refractivity contribution in [3.05, 3.63) is 59.4 Å². The maximum atomic E-state index is 12.1. The zero-order valence-electron chi connectivity index (χ0n) is 16.7. The van der Waals surface area contributed by atoms with E-state index in [4.69, 9.17) is 0 Å². The lowest BCUT2D eigenvalue weighted by Crippen LogP contribution is -2.44. The Morgan fingerprint density at radius 2 is 1.56 bits per heavy atom. The molecule has 2 N–H and O–H groups in total. The number of benzene rings is 1. The molecule has 144 valence electrons. The number of aromatic nitrogens is 1. The summed E-state index contributed by atoms with van der Waals surface area (Å²) in [7, 11) is 0. The molecule has 0 fully saturated rings. The number of carbonyl (C=O) groups is 2. The molecule has 1 aromatic heterocycles. The van der Waals surface area contributed by atoms with E-state index in [-0.39, 0.29) is 24.9 Å². The number of amides is 2. The van der Waals surface area contributed by atoms with Crippen LogP contribution in [0.5, 0.6) is 0 Å². The summed E-state index contributed by atoms with van der Waals surface area (Å²) in [5.74, 6) is 0.142. The molecule has 0 unspecified atom stereocenters. The van der Waals surface area contributed by atoms with Crippen molar-refractivity contribution in [2.24, 2.45) is 0 Å². The van der Waals surface area contributed by atoms with Crippen LogP contribution in [0.15, 0.2) is 42.7 Å². The summed E-state index contributed by atoms with van der Waals surface area (Å²) >= 11 is 0. The number of para-hydroxylation sites is 1. The van der Waals surface area contributed by atoms with Gasteiger partial charge in [-0.25, -0.2) is 0 Å². The van der Waals surface area contributed by atoms with Crippen molar-refractivity contribution in [3.8, 4) is 0 Å². The normalized spacial score (nSPS) is 10.7. The van der Waals surface area contributed by atoms with Crippen LogP contribution in [0.3, 0.4) is 0 Å². The first-order valence-corrected chi connectivity index (χ1v) is 9.56. The maximum Gasteiger partial charge on any atom is 0.286 e. The van der Waals surface area contributed by atoms with E-state index in [0.717, 1.165) is 29.7 Å². The fourth-order valence-electron chi connectivity index (χ4n) is 3.20. The first-order chi connectivity index (χ1) is 12.9. The summed E-state index contributed by atoms with van der Waals surface area (Å²) in [6.07, 6.45) is 6.06. The average Bonchev–Trinajstić information content (AvgIpc) is 2.65. The number of hydrogen-bond acceptors (Lipinski definition) is 2. The average molecular weight is 369 g/mol. The van der Waals surface area contributed by atoms with Gasteiger partial charge in [0, 0.05) is 17.8 Å². The molecule has 0 aliphatic rings. The van der Waals surface area contributed by atoms with Crippen molar-refractivity contribution in [2.75, 3.05) is 11.9 Å². The third-order valence-electron chi connectivity index (χ3n) is 4.89. The van der Waals surface area contributed by atoms with E-state index in [1.165, 1.54) is 5.56 Å². The van der Waals surface area contributed by atoms with Gasteiger partial charge in [-0.3, -0.25) is 9.59 Å². The van der Waals surface area contributed by atoms with Crippen molar-refractivity contribution in [1.29, 1.82) is 0 Å². The molecule has 27 heavy (non-hydrogen) atoms. The largest absolute Gasteiger partial charge is 0.342 e. The van der Waals surface area contributed by atoms with Crippen molar-refractivity contribution in [3.63, 3.8) is 0 Å². The Hall–Kier alpha value is -2.69. The molecule has 2 amide bonds. The molecule has 1 aromatic carbocycles. The van der Waals surface area contributed by atoms with Crippen LogP contribution in [0.2, 0.25) is 0 Å².